The molecule has 9 heteroatoms. The molecule has 100 valence electrons. The van der Waals surface area contributed by atoms with E-state index in [1.54, 1.807) is 18.3 Å². The first kappa shape index (κ1) is 12.4. The molecule has 3 aromatic rings. The first-order chi connectivity index (χ1) is 9.76. The quantitative estimate of drug-likeness (QED) is 0.715. The summed E-state index contributed by atoms with van der Waals surface area (Å²) in [6, 6.07) is 3.31. The van der Waals surface area contributed by atoms with Crippen LogP contribution >= 0.6 is 11.6 Å². The third-order valence-electron chi connectivity index (χ3n) is 2.40. The lowest BCUT2D eigenvalue weighted by Gasteiger charge is -1.99. The molecule has 0 fully saturated rings. The Kier molecular flexibility index (Phi) is 3.21. The maximum atomic E-state index is 5.68. The fourth-order valence-corrected chi connectivity index (χ4v) is 1.58. The van der Waals surface area contributed by atoms with E-state index in [2.05, 4.69) is 30.2 Å². The minimum absolute atomic E-state index is 0.313. The molecule has 20 heavy (non-hydrogen) atoms. The van der Waals surface area contributed by atoms with E-state index in [-0.39, 0.29) is 0 Å². The Bertz CT molecular complexity index is 728. The third-order valence-corrected chi connectivity index (χ3v) is 2.60. The van der Waals surface area contributed by atoms with Crippen molar-refractivity contribution >= 4 is 11.6 Å². The predicted molar refractivity (Wildman–Crippen MR) is 69.5 cm³/mol. The Hall–Kier alpha value is -2.61. The zero-order valence-electron chi connectivity index (χ0n) is 10.3. The lowest BCUT2D eigenvalue weighted by molar-refractivity contribution is 0.396. The predicted octanol–water partition coefficient (Wildman–Crippen LogP) is 1.18. The van der Waals surface area contributed by atoms with Gasteiger partial charge in [0.25, 0.3) is 0 Å². The summed E-state index contributed by atoms with van der Waals surface area (Å²) >= 11 is 5.68. The van der Waals surface area contributed by atoms with Gasteiger partial charge in [-0.3, -0.25) is 4.98 Å². The molecule has 0 saturated carbocycles. The van der Waals surface area contributed by atoms with Crippen LogP contribution in [0.4, 0.5) is 0 Å². The maximum Gasteiger partial charge on any atom is 0.232 e. The van der Waals surface area contributed by atoms with Gasteiger partial charge in [0.1, 0.15) is 12.0 Å². The summed E-state index contributed by atoms with van der Waals surface area (Å²) in [4.78, 5) is 12.4. The summed E-state index contributed by atoms with van der Waals surface area (Å²) < 4.78 is 6.48. The number of hydrogen-bond acceptors (Lipinski definition) is 7. The van der Waals surface area contributed by atoms with Crippen LogP contribution in [0.3, 0.4) is 0 Å². The van der Waals surface area contributed by atoms with E-state index >= 15 is 0 Å². The minimum Gasteiger partial charge on any atom is -0.480 e. The van der Waals surface area contributed by atoms with Crippen molar-refractivity contribution in [3.05, 3.63) is 36.0 Å². The number of hydrogen-bond donors (Lipinski definition) is 0. The van der Waals surface area contributed by atoms with Gasteiger partial charge < -0.3 is 4.74 Å². The van der Waals surface area contributed by atoms with Crippen molar-refractivity contribution in [2.24, 2.45) is 0 Å². The molecule has 0 saturated heterocycles. The molecule has 0 amide bonds. The largest absolute Gasteiger partial charge is 0.480 e. The number of rotatable bonds is 3. The second-order valence-corrected chi connectivity index (χ2v) is 4.06. The van der Waals surface area contributed by atoms with Crippen LogP contribution in [-0.4, -0.2) is 42.0 Å². The van der Waals surface area contributed by atoms with E-state index in [4.69, 9.17) is 16.3 Å². The van der Waals surface area contributed by atoms with Crippen LogP contribution in [0.15, 0.2) is 30.9 Å². The van der Waals surface area contributed by atoms with Gasteiger partial charge in [-0.1, -0.05) is 11.6 Å². The number of ether oxygens (including phenoxy) is 1. The average molecular weight is 290 g/mol. The SMILES string of the molecule is COc1cncc(-c2ncn(-c3ccc(Cl)nn3)n2)n1. The van der Waals surface area contributed by atoms with Gasteiger partial charge in [0.05, 0.1) is 19.5 Å². The summed E-state index contributed by atoms with van der Waals surface area (Å²) in [6.45, 7) is 0. The zero-order chi connectivity index (χ0) is 13.9. The van der Waals surface area contributed by atoms with E-state index in [0.717, 1.165) is 0 Å². The normalized spacial score (nSPS) is 10.5. The monoisotopic (exact) mass is 289 g/mol. The molecule has 0 unspecified atom stereocenters. The standard InChI is InChI=1S/C11H8ClN7O/c1-20-10-5-13-4-7(15-10)11-14-6-19(18-11)9-3-2-8(12)16-17-9/h2-6H,1H3. The molecule has 0 N–H and O–H groups in total. The third kappa shape index (κ3) is 2.41. The Morgan fingerprint density at radius 3 is 2.85 bits per heavy atom. The Labute approximate surface area is 118 Å². The van der Waals surface area contributed by atoms with Crippen LogP contribution in [0, 0.1) is 0 Å². The molecule has 0 spiro atoms. The van der Waals surface area contributed by atoms with Gasteiger partial charge in [-0.15, -0.1) is 15.3 Å². The topological polar surface area (TPSA) is 91.5 Å². The molecular formula is C11H8ClN7O. The molecule has 0 aromatic carbocycles. The zero-order valence-corrected chi connectivity index (χ0v) is 11.1. The van der Waals surface area contributed by atoms with Crippen molar-refractivity contribution in [3.8, 4) is 23.2 Å². The van der Waals surface area contributed by atoms with E-state index in [9.17, 15) is 0 Å². The van der Waals surface area contributed by atoms with Gasteiger partial charge in [0.2, 0.25) is 11.7 Å². The second-order valence-electron chi connectivity index (χ2n) is 3.67. The van der Waals surface area contributed by atoms with Gasteiger partial charge in [-0.05, 0) is 12.1 Å². The van der Waals surface area contributed by atoms with Crippen molar-refractivity contribution in [3.63, 3.8) is 0 Å². The van der Waals surface area contributed by atoms with Gasteiger partial charge in [0, 0.05) is 0 Å². The number of halogens is 1. The molecule has 3 heterocycles. The van der Waals surface area contributed by atoms with Gasteiger partial charge in [-0.2, -0.15) is 0 Å². The molecule has 0 atom stereocenters. The summed E-state index contributed by atoms with van der Waals surface area (Å²) in [5, 5.41) is 12.2. The lowest BCUT2D eigenvalue weighted by atomic mass is 10.4. The first-order valence-corrected chi connectivity index (χ1v) is 5.92. The van der Waals surface area contributed by atoms with E-state index < -0.39 is 0 Å². The fourth-order valence-electron chi connectivity index (χ4n) is 1.48. The highest BCUT2D eigenvalue weighted by molar-refractivity contribution is 6.29. The first-order valence-electron chi connectivity index (χ1n) is 5.54. The van der Waals surface area contributed by atoms with Crippen molar-refractivity contribution in [2.75, 3.05) is 7.11 Å². The molecule has 3 rings (SSSR count). The molecular weight excluding hydrogens is 282 g/mol. The van der Waals surface area contributed by atoms with Crippen molar-refractivity contribution < 1.29 is 4.74 Å². The molecule has 0 aliphatic carbocycles. The van der Waals surface area contributed by atoms with Gasteiger partial charge in [-0.25, -0.2) is 14.6 Å². The fraction of sp³-hybridized carbons (Fsp3) is 0.0909. The molecule has 8 nitrogen and oxygen atoms in total. The van der Waals surface area contributed by atoms with E-state index in [0.29, 0.717) is 28.4 Å². The van der Waals surface area contributed by atoms with Crippen molar-refractivity contribution in [1.29, 1.82) is 0 Å². The van der Waals surface area contributed by atoms with Gasteiger partial charge in [0.15, 0.2) is 11.0 Å². The van der Waals surface area contributed by atoms with Crippen LogP contribution < -0.4 is 4.74 Å². The summed E-state index contributed by atoms with van der Waals surface area (Å²) in [6.07, 6.45) is 4.56. The number of aromatic nitrogens is 7. The number of nitrogens with zero attached hydrogens (tertiary/aromatic N) is 7. The molecule has 0 aliphatic rings. The second kappa shape index (κ2) is 5.17. The van der Waals surface area contributed by atoms with Crippen molar-refractivity contribution in [1.82, 2.24) is 34.9 Å². The van der Waals surface area contributed by atoms with Crippen LogP contribution in [0.2, 0.25) is 5.15 Å². The highest BCUT2D eigenvalue weighted by Gasteiger charge is 2.09. The molecule has 0 radical (unpaired) electrons. The van der Waals surface area contributed by atoms with Crippen LogP contribution in [0.1, 0.15) is 0 Å². The lowest BCUT2D eigenvalue weighted by Crippen LogP contribution is -2.00. The highest BCUT2D eigenvalue weighted by Crippen LogP contribution is 2.14. The van der Waals surface area contributed by atoms with Crippen molar-refractivity contribution in [2.45, 2.75) is 0 Å². The van der Waals surface area contributed by atoms with Crippen LogP contribution in [0.25, 0.3) is 17.3 Å². The van der Waals surface area contributed by atoms with Crippen LogP contribution in [-0.2, 0) is 0 Å². The summed E-state index contributed by atoms with van der Waals surface area (Å²) in [7, 11) is 1.52. The Morgan fingerprint density at radius 1 is 1.20 bits per heavy atom. The maximum absolute atomic E-state index is 5.68. The molecule has 3 aromatic heterocycles. The Balaban J connectivity index is 1.95. The minimum atomic E-state index is 0.313. The number of methoxy groups -OCH3 is 1. The van der Waals surface area contributed by atoms with Crippen LogP contribution in [0.5, 0.6) is 5.88 Å². The van der Waals surface area contributed by atoms with E-state index in [1.807, 2.05) is 0 Å². The highest BCUT2D eigenvalue weighted by atomic mass is 35.5. The Morgan fingerprint density at radius 2 is 2.10 bits per heavy atom. The summed E-state index contributed by atoms with van der Waals surface area (Å²) in [5.41, 5.74) is 0.505. The summed E-state index contributed by atoms with van der Waals surface area (Å²) in [5.74, 6) is 1.31. The molecule has 0 bridgehead atoms. The van der Waals surface area contributed by atoms with E-state index in [1.165, 1.54) is 24.3 Å². The smallest absolute Gasteiger partial charge is 0.232 e. The average Bonchev–Trinajstić information content (AvgIpc) is 2.98. The van der Waals surface area contributed by atoms with Gasteiger partial charge >= 0.3 is 0 Å². The molecule has 0 aliphatic heterocycles.